The Morgan fingerprint density at radius 1 is 1.00 bits per heavy atom. The zero-order valence-electron chi connectivity index (χ0n) is 20.1. The molecule has 0 radical (unpaired) electrons. The van der Waals surface area contributed by atoms with Crippen molar-refractivity contribution in [2.45, 2.75) is 49.5 Å². The highest BCUT2D eigenvalue weighted by atomic mass is 35.5. The molecule has 37 heavy (non-hydrogen) atoms. The van der Waals surface area contributed by atoms with E-state index in [1.165, 1.54) is 24.3 Å². The monoisotopic (exact) mass is 556 g/mol. The molecule has 1 N–H and O–H groups in total. The van der Waals surface area contributed by atoms with Crippen molar-refractivity contribution in [3.05, 3.63) is 58.1 Å². The third kappa shape index (κ3) is 6.22. The van der Waals surface area contributed by atoms with Crippen LogP contribution in [0.1, 0.15) is 25.7 Å². The van der Waals surface area contributed by atoms with Crippen LogP contribution in [0, 0.1) is 11.6 Å². The van der Waals surface area contributed by atoms with Crippen LogP contribution in [0.25, 0.3) is 0 Å². The van der Waals surface area contributed by atoms with Crippen molar-refractivity contribution >= 4 is 29.3 Å². The molecule has 1 atom stereocenters. The maximum absolute atomic E-state index is 13.8. The Bertz CT molecular complexity index is 1130. The second-order valence-corrected chi connectivity index (χ2v) is 10.6. The van der Waals surface area contributed by atoms with Gasteiger partial charge in [-0.3, -0.25) is 0 Å². The minimum absolute atomic E-state index is 0.0246. The Kier molecular flexibility index (Phi) is 7.95. The van der Waals surface area contributed by atoms with Crippen LogP contribution in [-0.2, 0) is 9.47 Å². The third-order valence-electron chi connectivity index (χ3n) is 7.04. The van der Waals surface area contributed by atoms with E-state index < -0.39 is 23.3 Å². The molecular formula is C26H28Cl2F2N2O5. The lowest BCUT2D eigenvalue weighted by Gasteiger charge is -2.43. The summed E-state index contributed by atoms with van der Waals surface area (Å²) >= 11 is 11.5. The van der Waals surface area contributed by atoms with Gasteiger partial charge in [0.1, 0.15) is 29.7 Å². The smallest absolute Gasteiger partial charge is 0.410 e. The second-order valence-electron chi connectivity index (χ2n) is 9.79. The van der Waals surface area contributed by atoms with E-state index in [1.54, 1.807) is 17.0 Å². The normalized spacial score (nSPS) is 24.9. The Hall–Kier alpha value is -2.33. The molecule has 1 saturated carbocycles. The van der Waals surface area contributed by atoms with Gasteiger partial charge in [-0.15, -0.1) is 0 Å². The summed E-state index contributed by atoms with van der Waals surface area (Å²) in [5.41, 5.74) is -0.546. The van der Waals surface area contributed by atoms with Gasteiger partial charge in [-0.2, -0.15) is 0 Å². The van der Waals surface area contributed by atoms with E-state index in [-0.39, 0.29) is 34.8 Å². The molecule has 2 saturated heterocycles. The lowest BCUT2D eigenvalue weighted by atomic mass is 9.89. The van der Waals surface area contributed by atoms with Crippen molar-refractivity contribution in [2.24, 2.45) is 0 Å². The minimum Gasteiger partial charge on any atom is -0.490 e. The van der Waals surface area contributed by atoms with Crippen LogP contribution in [0.3, 0.4) is 0 Å². The zero-order valence-corrected chi connectivity index (χ0v) is 21.6. The van der Waals surface area contributed by atoms with Gasteiger partial charge >= 0.3 is 6.09 Å². The molecule has 3 fully saturated rings. The second kappa shape index (κ2) is 11.2. The molecule has 200 valence electrons. The summed E-state index contributed by atoms with van der Waals surface area (Å²) in [6.45, 7) is 1.99. The summed E-state index contributed by atoms with van der Waals surface area (Å²) in [4.78, 5) is 14.3. The maximum Gasteiger partial charge on any atom is 0.410 e. The molecule has 0 spiro atoms. The summed E-state index contributed by atoms with van der Waals surface area (Å²) in [6.07, 6.45) is 2.71. The standard InChI is InChI=1S/C26H28Cl2F2N2O5/c27-21-7-5-18(9-23(21)29)35-12-20-11-32(25(33)36-20)17-3-1-16(2-4-17)31-13-26(14-34-15-26)37-19-6-8-22(28)24(30)10-19/h5-10,16-17,20,31H,1-4,11-15H2. The molecule has 2 heterocycles. The Labute approximate surface area is 223 Å². The molecule has 3 aliphatic rings. The molecule has 5 rings (SSSR count). The summed E-state index contributed by atoms with van der Waals surface area (Å²) in [5.74, 6) is -0.324. The number of benzene rings is 2. The fourth-order valence-electron chi connectivity index (χ4n) is 4.92. The van der Waals surface area contributed by atoms with Gasteiger partial charge in [0.2, 0.25) is 0 Å². The molecule has 0 bridgehead atoms. The average Bonchev–Trinajstić information content (AvgIpc) is 3.24. The summed E-state index contributed by atoms with van der Waals surface area (Å²) in [7, 11) is 0. The van der Waals surface area contributed by atoms with Crippen LogP contribution in [0.5, 0.6) is 11.5 Å². The molecule has 1 amide bonds. The molecule has 2 aromatic rings. The number of hydrogen-bond donors (Lipinski definition) is 1. The number of halogens is 4. The van der Waals surface area contributed by atoms with E-state index >= 15 is 0 Å². The summed E-state index contributed by atoms with van der Waals surface area (Å²) < 4.78 is 49.9. The molecule has 11 heteroatoms. The predicted octanol–water partition coefficient (Wildman–Crippen LogP) is 5.22. The van der Waals surface area contributed by atoms with Crippen molar-refractivity contribution in [3.8, 4) is 11.5 Å². The molecule has 1 aliphatic carbocycles. The first-order chi connectivity index (χ1) is 17.8. The summed E-state index contributed by atoms with van der Waals surface area (Å²) in [6, 6.07) is 9.00. The number of rotatable bonds is 9. The van der Waals surface area contributed by atoms with Crippen molar-refractivity contribution in [1.29, 1.82) is 0 Å². The van der Waals surface area contributed by atoms with Crippen LogP contribution in [0.4, 0.5) is 13.6 Å². The van der Waals surface area contributed by atoms with Crippen LogP contribution in [0.15, 0.2) is 36.4 Å². The van der Waals surface area contributed by atoms with Crippen molar-refractivity contribution in [3.63, 3.8) is 0 Å². The number of carbonyl (C=O) groups excluding carboxylic acids is 1. The number of nitrogens with zero attached hydrogens (tertiary/aromatic N) is 1. The van der Waals surface area contributed by atoms with E-state index in [0.29, 0.717) is 37.8 Å². The molecule has 7 nitrogen and oxygen atoms in total. The fraction of sp³-hybridized carbons (Fsp3) is 0.500. The zero-order chi connectivity index (χ0) is 26.0. The van der Waals surface area contributed by atoms with Crippen LogP contribution < -0.4 is 14.8 Å². The van der Waals surface area contributed by atoms with Gasteiger partial charge in [0.05, 0.1) is 29.8 Å². The lowest BCUT2D eigenvalue weighted by molar-refractivity contribution is -0.159. The van der Waals surface area contributed by atoms with Crippen LogP contribution in [0.2, 0.25) is 10.0 Å². The average molecular weight is 557 g/mol. The quantitative estimate of drug-likeness (QED) is 0.456. The van der Waals surface area contributed by atoms with Crippen LogP contribution >= 0.6 is 23.2 Å². The predicted molar refractivity (Wildman–Crippen MR) is 134 cm³/mol. The molecule has 0 aromatic heterocycles. The highest BCUT2D eigenvalue weighted by molar-refractivity contribution is 6.31. The largest absolute Gasteiger partial charge is 0.490 e. The Morgan fingerprint density at radius 2 is 1.65 bits per heavy atom. The first-order valence-corrected chi connectivity index (χ1v) is 13.1. The van der Waals surface area contributed by atoms with Crippen molar-refractivity contribution in [2.75, 3.05) is 32.9 Å². The van der Waals surface area contributed by atoms with Gasteiger partial charge in [0.15, 0.2) is 11.7 Å². The van der Waals surface area contributed by atoms with E-state index in [2.05, 4.69) is 5.32 Å². The molecule has 2 aromatic carbocycles. The van der Waals surface area contributed by atoms with Gasteiger partial charge in [-0.05, 0) is 49.9 Å². The number of hydrogen-bond acceptors (Lipinski definition) is 6. The minimum atomic E-state index is -0.559. The molecule has 1 unspecified atom stereocenters. The third-order valence-corrected chi connectivity index (χ3v) is 7.65. The SMILES string of the molecule is O=C1OC(COc2ccc(Cl)c(F)c2)CN1C1CCC(NCC2(Oc3ccc(Cl)c(F)c3)COC2)CC1. The van der Waals surface area contributed by atoms with E-state index in [4.69, 9.17) is 42.1 Å². The van der Waals surface area contributed by atoms with Crippen molar-refractivity contribution < 1.29 is 32.5 Å². The van der Waals surface area contributed by atoms with Crippen molar-refractivity contribution in [1.82, 2.24) is 10.2 Å². The van der Waals surface area contributed by atoms with E-state index in [0.717, 1.165) is 25.7 Å². The number of carbonyl (C=O) groups is 1. The highest BCUT2D eigenvalue weighted by Gasteiger charge is 2.43. The molecular weight excluding hydrogens is 529 g/mol. The Balaban J connectivity index is 1.06. The van der Waals surface area contributed by atoms with Gasteiger partial charge < -0.3 is 29.2 Å². The maximum atomic E-state index is 13.8. The summed E-state index contributed by atoms with van der Waals surface area (Å²) in [5, 5.41) is 3.65. The fourth-order valence-corrected chi connectivity index (χ4v) is 5.16. The van der Waals surface area contributed by atoms with Crippen LogP contribution in [-0.4, -0.2) is 67.7 Å². The number of ether oxygens (including phenoxy) is 4. The van der Waals surface area contributed by atoms with Gasteiger partial charge in [-0.25, -0.2) is 13.6 Å². The van der Waals surface area contributed by atoms with E-state index in [1.807, 2.05) is 0 Å². The lowest BCUT2D eigenvalue weighted by Crippen LogP contribution is -2.61. The van der Waals surface area contributed by atoms with E-state index in [9.17, 15) is 13.6 Å². The van der Waals surface area contributed by atoms with Gasteiger partial charge in [0.25, 0.3) is 0 Å². The number of amides is 1. The highest BCUT2D eigenvalue weighted by Crippen LogP contribution is 2.30. The number of cyclic esters (lactones) is 1. The molecule has 2 aliphatic heterocycles. The van der Waals surface area contributed by atoms with Gasteiger partial charge in [0, 0.05) is 30.8 Å². The first kappa shape index (κ1) is 26.3. The number of nitrogens with one attached hydrogen (secondary N) is 1. The first-order valence-electron chi connectivity index (χ1n) is 12.3. The topological polar surface area (TPSA) is 69.3 Å². The van der Waals surface area contributed by atoms with Gasteiger partial charge in [-0.1, -0.05) is 23.2 Å². The Morgan fingerprint density at radius 3 is 2.27 bits per heavy atom.